The van der Waals surface area contributed by atoms with Crippen LogP contribution in [0.5, 0.6) is 0 Å². The van der Waals surface area contributed by atoms with E-state index in [0.29, 0.717) is 19.0 Å². The van der Waals surface area contributed by atoms with Gasteiger partial charge in [-0.1, -0.05) is 0 Å². The van der Waals surface area contributed by atoms with Gasteiger partial charge < -0.3 is 15.3 Å². The number of aliphatic hydroxyl groups excluding tert-OH is 3. The van der Waals surface area contributed by atoms with Gasteiger partial charge in [0.1, 0.15) is 0 Å². The van der Waals surface area contributed by atoms with Crippen LogP contribution >= 0.6 is 0 Å². The molecule has 90 valence electrons. The number of β-amino-alcohol motifs (C(OH)–C–C–N with tert-alkyl or cyclic N) is 2. The van der Waals surface area contributed by atoms with Crippen molar-refractivity contribution in [2.45, 2.75) is 6.42 Å². The molecule has 1 rings (SSSR count). The Morgan fingerprint density at radius 3 is 1.87 bits per heavy atom. The molecule has 1 aliphatic heterocycles. The zero-order chi connectivity index (χ0) is 11.1. The predicted octanol–water partition coefficient (Wildman–Crippen LogP) is -1.99. The lowest BCUT2D eigenvalue weighted by Gasteiger charge is -2.40. The summed E-state index contributed by atoms with van der Waals surface area (Å²) in [4.78, 5) is 0. The molecule has 1 heterocycles. The fourth-order valence-corrected chi connectivity index (χ4v) is 1.85. The van der Waals surface area contributed by atoms with Crippen molar-refractivity contribution in [2.75, 3.05) is 46.0 Å². The Labute approximate surface area is 90.0 Å². The summed E-state index contributed by atoms with van der Waals surface area (Å²) in [5.74, 6) is 0.384. The van der Waals surface area contributed by atoms with Crippen molar-refractivity contribution in [3.8, 4) is 0 Å². The number of hydrogen-bond donors (Lipinski definition) is 4. The number of aliphatic hydroxyl groups is 3. The molecule has 0 aromatic carbocycles. The Kier molecular flexibility index (Phi) is 6.07. The van der Waals surface area contributed by atoms with Gasteiger partial charge in [-0.2, -0.15) is 5.53 Å². The van der Waals surface area contributed by atoms with Crippen molar-refractivity contribution < 1.29 is 15.3 Å². The van der Waals surface area contributed by atoms with Gasteiger partial charge >= 0.3 is 0 Å². The summed E-state index contributed by atoms with van der Waals surface area (Å²) in [6, 6.07) is 0. The van der Waals surface area contributed by atoms with Crippen molar-refractivity contribution >= 4 is 0 Å². The molecule has 0 spiro atoms. The maximum absolute atomic E-state index is 8.89. The third-order valence-corrected chi connectivity index (χ3v) is 2.52. The standard InChI is InChI=1S/C9H21N3O3/c13-4-1-9-7-11(2-5-14)10-12(8-9)3-6-15/h9-10,13-15H,1-8H2. The van der Waals surface area contributed by atoms with Crippen molar-refractivity contribution in [2.24, 2.45) is 5.92 Å². The minimum Gasteiger partial charge on any atom is -0.396 e. The molecule has 0 aromatic rings. The molecule has 6 heteroatoms. The number of nitrogens with zero attached hydrogens (tertiary/aromatic N) is 2. The lowest BCUT2D eigenvalue weighted by atomic mass is 10.0. The molecule has 0 aliphatic carbocycles. The van der Waals surface area contributed by atoms with Gasteiger partial charge in [-0.15, -0.1) is 0 Å². The summed E-state index contributed by atoms with van der Waals surface area (Å²) in [6.07, 6.45) is 0.755. The second kappa shape index (κ2) is 7.10. The largest absolute Gasteiger partial charge is 0.396 e. The minimum absolute atomic E-state index is 0.103. The van der Waals surface area contributed by atoms with Crippen LogP contribution in [0.2, 0.25) is 0 Å². The van der Waals surface area contributed by atoms with Gasteiger partial charge in [0.15, 0.2) is 0 Å². The quantitative estimate of drug-likeness (QED) is 0.414. The van der Waals surface area contributed by atoms with E-state index < -0.39 is 0 Å². The second-order valence-corrected chi connectivity index (χ2v) is 3.82. The summed E-state index contributed by atoms with van der Waals surface area (Å²) in [5.41, 5.74) is 3.11. The van der Waals surface area contributed by atoms with Crippen molar-refractivity contribution in [3.05, 3.63) is 0 Å². The summed E-state index contributed by atoms with van der Waals surface area (Å²) in [6.45, 7) is 3.15. The Hall–Kier alpha value is -0.240. The summed E-state index contributed by atoms with van der Waals surface area (Å²) in [7, 11) is 0. The maximum atomic E-state index is 8.89. The summed E-state index contributed by atoms with van der Waals surface area (Å²) >= 11 is 0. The van der Waals surface area contributed by atoms with E-state index in [4.69, 9.17) is 15.3 Å². The number of rotatable bonds is 6. The first-order valence-corrected chi connectivity index (χ1v) is 5.39. The van der Waals surface area contributed by atoms with Crippen LogP contribution in [0, 0.1) is 5.92 Å². The van der Waals surface area contributed by atoms with Crippen LogP contribution in [-0.2, 0) is 0 Å². The molecule has 0 atom stereocenters. The monoisotopic (exact) mass is 219 g/mol. The first-order chi connectivity index (χ1) is 7.30. The normalized spacial score (nSPS) is 21.0. The molecule has 0 unspecified atom stereocenters. The van der Waals surface area contributed by atoms with Crippen LogP contribution in [0.25, 0.3) is 0 Å². The van der Waals surface area contributed by atoms with E-state index in [2.05, 4.69) is 5.53 Å². The maximum Gasteiger partial charge on any atom is 0.0573 e. The molecule has 0 bridgehead atoms. The van der Waals surface area contributed by atoms with E-state index in [9.17, 15) is 0 Å². The smallest absolute Gasteiger partial charge is 0.0573 e. The Morgan fingerprint density at radius 1 is 0.933 bits per heavy atom. The minimum atomic E-state index is 0.103. The van der Waals surface area contributed by atoms with Crippen LogP contribution in [0.1, 0.15) is 6.42 Å². The molecule has 0 aromatic heterocycles. The average molecular weight is 219 g/mol. The van der Waals surface area contributed by atoms with Crippen molar-refractivity contribution in [1.82, 2.24) is 15.6 Å². The molecule has 6 nitrogen and oxygen atoms in total. The van der Waals surface area contributed by atoms with Crippen LogP contribution in [0.3, 0.4) is 0 Å². The first kappa shape index (κ1) is 12.8. The van der Waals surface area contributed by atoms with Crippen LogP contribution in [0.4, 0.5) is 0 Å². The zero-order valence-electron chi connectivity index (χ0n) is 8.97. The zero-order valence-corrected chi connectivity index (χ0v) is 8.97. The van der Waals surface area contributed by atoms with Crippen LogP contribution in [-0.4, -0.2) is 71.3 Å². The van der Waals surface area contributed by atoms with Gasteiger partial charge in [0.25, 0.3) is 0 Å². The highest BCUT2D eigenvalue weighted by Crippen LogP contribution is 2.11. The highest BCUT2D eigenvalue weighted by atomic mass is 16.3. The van der Waals surface area contributed by atoms with Gasteiger partial charge in [0.05, 0.1) is 13.2 Å². The summed E-state index contributed by atoms with van der Waals surface area (Å²) < 4.78 is 0. The predicted molar refractivity (Wildman–Crippen MR) is 55.6 cm³/mol. The Bertz CT molecular complexity index is 136. The molecule has 4 N–H and O–H groups in total. The van der Waals surface area contributed by atoms with E-state index in [1.165, 1.54) is 0 Å². The number of hydrogen-bond acceptors (Lipinski definition) is 6. The summed E-state index contributed by atoms with van der Waals surface area (Å²) in [5, 5.41) is 30.4. The highest BCUT2D eigenvalue weighted by Gasteiger charge is 2.23. The Morgan fingerprint density at radius 2 is 1.47 bits per heavy atom. The van der Waals surface area contributed by atoms with Gasteiger partial charge in [-0.05, 0) is 12.3 Å². The van der Waals surface area contributed by atoms with Gasteiger partial charge in [-0.3, -0.25) is 0 Å². The van der Waals surface area contributed by atoms with E-state index in [0.717, 1.165) is 19.5 Å². The van der Waals surface area contributed by atoms with E-state index in [1.54, 1.807) is 0 Å². The van der Waals surface area contributed by atoms with Crippen LogP contribution < -0.4 is 5.53 Å². The Balaban J connectivity index is 2.40. The second-order valence-electron chi connectivity index (χ2n) is 3.82. The number of hydrazine groups is 2. The first-order valence-electron chi connectivity index (χ1n) is 5.39. The molecular weight excluding hydrogens is 198 g/mol. The topological polar surface area (TPSA) is 79.2 Å². The van der Waals surface area contributed by atoms with Crippen molar-refractivity contribution in [1.29, 1.82) is 0 Å². The lowest BCUT2D eigenvalue weighted by Crippen LogP contribution is -2.59. The molecule has 0 radical (unpaired) electrons. The molecule has 15 heavy (non-hydrogen) atoms. The third kappa shape index (κ3) is 4.42. The average Bonchev–Trinajstić information content (AvgIpc) is 2.19. The molecular formula is C9H21N3O3. The van der Waals surface area contributed by atoms with Gasteiger partial charge in [0.2, 0.25) is 0 Å². The molecule has 0 saturated carbocycles. The molecule has 1 fully saturated rings. The number of nitrogens with one attached hydrogen (secondary N) is 1. The van der Waals surface area contributed by atoms with E-state index in [-0.39, 0.29) is 19.8 Å². The SMILES string of the molecule is OCCC1CN(CCO)NN(CCO)C1. The van der Waals surface area contributed by atoms with Gasteiger partial charge in [-0.25, -0.2) is 10.0 Å². The van der Waals surface area contributed by atoms with Crippen LogP contribution in [0.15, 0.2) is 0 Å². The molecule has 0 amide bonds. The third-order valence-electron chi connectivity index (χ3n) is 2.52. The molecule has 1 aliphatic rings. The molecule has 1 saturated heterocycles. The van der Waals surface area contributed by atoms with Gasteiger partial charge in [0, 0.05) is 32.8 Å². The van der Waals surface area contributed by atoms with E-state index in [1.807, 2.05) is 10.0 Å². The van der Waals surface area contributed by atoms with Crippen molar-refractivity contribution in [3.63, 3.8) is 0 Å². The van der Waals surface area contributed by atoms with E-state index >= 15 is 0 Å². The fourth-order valence-electron chi connectivity index (χ4n) is 1.85. The lowest BCUT2D eigenvalue weighted by molar-refractivity contribution is -0.0593. The fraction of sp³-hybridized carbons (Fsp3) is 1.00. The highest BCUT2D eigenvalue weighted by molar-refractivity contribution is 4.71.